The smallest absolute Gasteiger partial charge is 0.129 e. The molecule has 0 heterocycles. The van der Waals surface area contributed by atoms with E-state index >= 15 is 0 Å². The second kappa shape index (κ2) is 4.12. The highest BCUT2D eigenvalue weighted by molar-refractivity contribution is 5.36. The zero-order valence-corrected chi connectivity index (χ0v) is 8.66. The molecule has 0 unspecified atom stereocenters. The minimum Gasteiger partial charge on any atom is -0.497 e. The van der Waals surface area contributed by atoms with E-state index in [-0.39, 0.29) is 0 Å². The predicted octanol–water partition coefficient (Wildman–Crippen LogP) is 1.65. The van der Waals surface area contributed by atoms with Crippen LogP contribution in [0.5, 0.6) is 5.75 Å². The summed E-state index contributed by atoms with van der Waals surface area (Å²) in [6, 6.07) is 9.73. The van der Waals surface area contributed by atoms with Crippen LogP contribution in [0.1, 0.15) is 12.5 Å². The summed E-state index contributed by atoms with van der Waals surface area (Å²) in [7, 11) is 3.38. The van der Waals surface area contributed by atoms with Crippen molar-refractivity contribution in [1.29, 1.82) is 5.26 Å². The van der Waals surface area contributed by atoms with Crippen LogP contribution >= 0.6 is 0 Å². The first-order valence-electron chi connectivity index (χ1n) is 4.41. The third-order valence-corrected chi connectivity index (χ3v) is 2.37. The Bertz CT molecular complexity index is 357. The number of ether oxygens (including phenoxy) is 1. The van der Waals surface area contributed by atoms with Gasteiger partial charge in [0.2, 0.25) is 0 Å². The number of benzene rings is 1. The fourth-order valence-corrected chi connectivity index (χ4v) is 1.20. The zero-order chi connectivity index (χ0) is 10.6. The average molecular weight is 190 g/mol. The molecule has 0 saturated heterocycles. The topological polar surface area (TPSA) is 45.0 Å². The van der Waals surface area contributed by atoms with Gasteiger partial charge in [-0.2, -0.15) is 5.26 Å². The van der Waals surface area contributed by atoms with Crippen molar-refractivity contribution in [2.45, 2.75) is 12.5 Å². The van der Waals surface area contributed by atoms with Gasteiger partial charge in [-0.25, -0.2) is 0 Å². The molecule has 3 heteroatoms. The Morgan fingerprint density at radius 2 is 2.21 bits per heavy atom. The van der Waals surface area contributed by atoms with Crippen LogP contribution in [0.4, 0.5) is 0 Å². The Morgan fingerprint density at radius 1 is 1.50 bits per heavy atom. The van der Waals surface area contributed by atoms with E-state index in [1.807, 2.05) is 31.2 Å². The molecule has 14 heavy (non-hydrogen) atoms. The third kappa shape index (κ3) is 1.86. The first-order valence-corrected chi connectivity index (χ1v) is 4.41. The lowest BCUT2D eigenvalue weighted by molar-refractivity contribution is 0.412. The molecular weight excluding hydrogens is 176 g/mol. The molecule has 74 valence electrons. The summed E-state index contributed by atoms with van der Waals surface area (Å²) < 4.78 is 5.10. The number of hydrogen-bond donors (Lipinski definition) is 1. The van der Waals surface area contributed by atoms with Crippen molar-refractivity contribution in [3.8, 4) is 11.8 Å². The van der Waals surface area contributed by atoms with Crippen molar-refractivity contribution in [2.75, 3.05) is 14.2 Å². The second-order valence-corrected chi connectivity index (χ2v) is 3.22. The Labute approximate surface area is 84.3 Å². The highest BCUT2D eigenvalue weighted by atomic mass is 16.5. The highest BCUT2D eigenvalue weighted by Crippen LogP contribution is 2.23. The van der Waals surface area contributed by atoms with Gasteiger partial charge in [-0.3, -0.25) is 5.32 Å². The van der Waals surface area contributed by atoms with E-state index in [0.29, 0.717) is 0 Å². The normalized spacial score (nSPS) is 14.1. The molecule has 0 fully saturated rings. The van der Waals surface area contributed by atoms with Crippen molar-refractivity contribution in [1.82, 2.24) is 5.32 Å². The SMILES string of the molecule is CN[C@@](C)(C#N)c1cccc(OC)c1. The summed E-state index contributed by atoms with van der Waals surface area (Å²) in [5.41, 5.74) is 0.246. The maximum Gasteiger partial charge on any atom is 0.129 e. The van der Waals surface area contributed by atoms with Gasteiger partial charge >= 0.3 is 0 Å². The Balaban J connectivity index is 3.12. The van der Waals surface area contributed by atoms with Crippen LogP contribution in [-0.4, -0.2) is 14.2 Å². The minimum atomic E-state index is -0.658. The summed E-state index contributed by atoms with van der Waals surface area (Å²) in [5.74, 6) is 0.763. The molecule has 0 aliphatic heterocycles. The van der Waals surface area contributed by atoms with E-state index in [1.54, 1.807) is 14.2 Å². The predicted molar refractivity (Wildman–Crippen MR) is 55.0 cm³/mol. The lowest BCUT2D eigenvalue weighted by Gasteiger charge is -2.21. The van der Waals surface area contributed by atoms with Crippen molar-refractivity contribution in [3.63, 3.8) is 0 Å². The van der Waals surface area contributed by atoms with Crippen molar-refractivity contribution in [3.05, 3.63) is 29.8 Å². The fraction of sp³-hybridized carbons (Fsp3) is 0.364. The molecule has 0 aromatic heterocycles. The molecule has 1 aromatic carbocycles. The molecule has 0 amide bonds. The minimum absolute atomic E-state index is 0.658. The van der Waals surface area contributed by atoms with Gasteiger partial charge in [0, 0.05) is 0 Å². The molecule has 0 saturated carbocycles. The number of nitrogens with one attached hydrogen (secondary N) is 1. The molecule has 0 radical (unpaired) electrons. The average Bonchev–Trinajstić information content (AvgIpc) is 2.28. The summed E-state index contributed by atoms with van der Waals surface area (Å²) in [4.78, 5) is 0. The van der Waals surface area contributed by atoms with Gasteiger partial charge in [0.15, 0.2) is 0 Å². The molecule has 1 rings (SSSR count). The number of rotatable bonds is 3. The van der Waals surface area contributed by atoms with Gasteiger partial charge in [-0.05, 0) is 31.7 Å². The maximum atomic E-state index is 9.05. The lowest BCUT2D eigenvalue weighted by Crippen LogP contribution is -2.34. The van der Waals surface area contributed by atoms with Crippen molar-refractivity contribution < 1.29 is 4.74 Å². The van der Waals surface area contributed by atoms with Crippen LogP contribution in [-0.2, 0) is 5.54 Å². The zero-order valence-electron chi connectivity index (χ0n) is 8.66. The van der Waals surface area contributed by atoms with Crippen LogP contribution in [0.25, 0.3) is 0 Å². The third-order valence-electron chi connectivity index (χ3n) is 2.37. The van der Waals surface area contributed by atoms with Crippen LogP contribution in [0, 0.1) is 11.3 Å². The van der Waals surface area contributed by atoms with Gasteiger partial charge in [0.25, 0.3) is 0 Å². The standard InChI is InChI=1S/C11H14N2O/c1-11(8-12,13-2)9-5-4-6-10(7-9)14-3/h4-7,13H,1-3H3/t11-/m0/s1. The van der Waals surface area contributed by atoms with E-state index in [9.17, 15) is 0 Å². The fourth-order valence-electron chi connectivity index (χ4n) is 1.20. The van der Waals surface area contributed by atoms with Crippen molar-refractivity contribution in [2.24, 2.45) is 0 Å². The number of methoxy groups -OCH3 is 1. The first-order chi connectivity index (χ1) is 6.66. The summed E-state index contributed by atoms with van der Waals surface area (Å²) in [6.07, 6.45) is 0. The monoisotopic (exact) mass is 190 g/mol. The van der Waals surface area contributed by atoms with E-state index < -0.39 is 5.54 Å². The van der Waals surface area contributed by atoms with Crippen LogP contribution in [0.15, 0.2) is 24.3 Å². The molecule has 1 atom stereocenters. The van der Waals surface area contributed by atoms with Crippen LogP contribution < -0.4 is 10.1 Å². The highest BCUT2D eigenvalue weighted by Gasteiger charge is 2.23. The van der Waals surface area contributed by atoms with Crippen LogP contribution in [0.2, 0.25) is 0 Å². The molecule has 0 bridgehead atoms. The Hall–Kier alpha value is -1.53. The van der Waals surface area contributed by atoms with Crippen LogP contribution in [0.3, 0.4) is 0 Å². The van der Waals surface area contributed by atoms with E-state index in [1.165, 1.54) is 0 Å². The summed E-state index contributed by atoms with van der Waals surface area (Å²) >= 11 is 0. The van der Waals surface area contributed by atoms with Gasteiger partial charge in [-0.1, -0.05) is 12.1 Å². The number of nitriles is 1. The molecule has 1 aromatic rings. The van der Waals surface area contributed by atoms with E-state index in [2.05, 4.69) is 11.4 Å². The van der Waals surface area contributed by atoms with Gasteiger partial charge in [-0.15, -0.1) is 0 Å². The number of hydrogen-bond acceptors (Lipinski definition) is 3. The first kappa shape index (κ1) is 10.6. The Morgan fingerprint density at radius 3 is 2.71 bits per heavy atom. The lowest BCUT2D eigenvalue weighted by atomic mass is 9.94. The molecular formula is C11H14N2O. The van der Waals surface area contributed by atoms with E-state index in [0.717, 1.165) is 11.3 Å². The van der Waals surface area contributed by atoms with E-state index in [4.69, 9.17) is 10.00 Å². The molecule has 0 spiro atoms. The second-order valence-electron chi connectivity index (χ2n) is 3.22. The molecule has 1 N–H and O–H groups in total. The van der Waals surface area contributed by atoms with Gasteiger partial charge < -0.3 is 4.74 Å². The van der Waals surface area contributed by atoms with Crippen molar-refractivity contribution >= 4 is 0 Å². The number of nitrogens with zero attached hydrogens (tertiary/aromatic N) is 1. The quantitative estimate of drug-likeness (QED) is 0.788. The molecule has 0 aliphatic rings. The molecule has 3 nitrogen and oxygen atoms in total. The largest absolute Gasteiger partial charge is 0.497 e. The van der Waals surface area contributed by atoms with Gasteiger partial charge in [0.05, 0.1) is 13.2 Å². The maximum absolute atomic E-state index is 9.05. The Kier molecular flexibility index (Phi) is 3.10. The summed E-state index contributed by atoms with van der Waals surface area (Å²) in [6.45, 7) is 1.84. The molecule has 0 aliphatic carbocycles. The summed E-state index contributed by atoms with van der Waals surface area (Å²) in [5, 5.41) is 12.0. The van der Waals surface area contributed by atoms with Gasteiger partial charge in [0.1, 0.15) is 11.3 Å².